The molecule has 0 aliphatic carbocycles. The average molecular weight is 246 g/mol. The van der Waals surface area contributed by atoms with Crippen molar-refractivity contribution >= 4 is 22.5 Å². The molecular weight excluding hydrogens is 239 g/mol. The van der Waals surface area contributed by atoms with E-state index in [0.29, 0.717) is 16.1 Å². The number of halogens is 1. The van der Waals surface area contributed by atoms with Gasteiger partial charge < -0.3 is 0 Å². The maximum atomic E-state index is 13.7. The van der Waals surface area contributed by atoms with Crippen molar-refractivity contribution in [3.05, 3.63) is 48.3 Å². The summed E-state index contributed by atoms with van der Waals surface area (Å²) in [5.41, 5.74) is 0.885. The number of imidazole rings is 1. The van der Waals surface area contributed by atoms with Crippen LogP contribution in [-0.2, 0) is 0 Å². The van der Waals surface area contributed by atoms with Gasteiger partial charge in [-0.25, -0.2) is 9.37 Å². The molecule has 0 bridgehead atoms. The SMILES string of the molecule is O=Cc1c(-c2ccccc2F)sc2cncn12. The van der Waals surface area contributed by atoms with E-state index in [4.69, 9.17) is 0 Å². The van der Waals surface area contributed by atoms with Gasteiger partial charge >= 0.3 is 0 Å². The highest BCUT2D eigenvalue weighted by atomic mass is 32.1. The molecule has 2 aromatic heterocycles. The number of fused-ring (bicyclic) bond motifs is 1. The molecule has 0 amide bonds. The van der Waals surface area contributed by atoms with Gasteiger partial charge in [0.1, 0.15) is 22.7 Å². The topological polar surface area (TPSA) is 34.4 Å². The quantitative estimate of drug-likeness (QED) is 0.651. The van der Waals surface area contributed by atoms with E-state index in [9.17, 15) is 9.18 Å². The third-order valence-corrected chi connectivity index (χ3v) is 3.68. The van der Waals surface area contributed by atoms with E-state index in [1.807, 2.05) is 0 Å². The highest BCUT2D eigenvalue weighted by Gasteiger charge is 2.15. The maximum absolute atomic E-state index is 13.7. The first kappa shape index (κ1) is 10.2. The van der Waals surface area contributed by atoms with E-state index in [0.717, 1.165) is 11.1 Å². The Bertz CT molecular complexity index is 701. The Kier molecular flexibility index (Phi) is 2.26. The van der Waals surface area contributed by atoms with E-state index in [1.54, 1.807) is 35.1 Å². The van der Waals surface area contributed by atoms with Crippen molar-refractivity contribution in [2.45, 2.75) is 0 Å². The third kappa shape index (κ3) is 1.47. The van der Waals surface area contributed by atoms with Crippen molar-refractivity contribution in [1.82, 2.24) is 9.38 Å². The van der Waals surface area contributed by atoms with Crippen LogP contribution in [0.25, 0.3) is 15.3 Å². The molecule has 0 radical (unpaired) electrons. The number of carbonyl (C=O) groups excluding carboxylic acids is 1. The Hall–Kier alpha value is -2.01. The zero-order valence-corrected chi connectivity index (χ0v) is 9.45. The number of rotatable bonds is 2. The maximum Gasteiger partial charge on any atom is 0.168 e. The predicted molar refractivity (Wildman–Crippen MR) is 63.9 cm³/mol. The number of thiazole rings is 1. The first-order chi connectivity index (χ1) is 8.31. The summed E-state index contributed by atoms with van der Waals surface area (Å²) in [6.07, 6.45) is 3.94. The van der Waals surface area contributed by atoms with Gasteiger partial charge in [-0.15, -0.1) is 11.3 Å². The molecule has 0 aliphatic rings. The van der Waals surface area contributed by atoms with Gasteiger partial charge in [0.25, 0.3) is 0 Å². The first-order valence-electron chi connectivity index (χ1n) is 4.96. The lowest BCUT2D eigenvalue weighted by Gasteiger charge is -2.00. The van der Waals surface area contributed by atoms with E-state index in [2.05, 4.69) is 4.98 Å². The zero-order chi connectivity index (χ0) is 11.8. The summed E-state index contributed by atoms with van der Waals surface area (Å²) in [6.45, 7) is 0. The van der Waals surface area contributed by atoms with Gasteiger partial charge in [0.2, 0.25) is 0 Å². The fourth-order valence-corrected chi connectivity index (χ4v) is 2.85. The van der Waals surface area contributed by atoms with Gasteiger partial charge in [-0.3, -0.25) is 9.20 Å². The summed E-state index contributed by atoms with van der Waals surface area (Å²) in [6, 6.07) is 6.43. The van der Waals surface area contributed by atoms with Gasteiger partial charge in [-0.1, -0.05) is 18.2 Å². The number of benzene rings is 1. The summed E-state index contributed by atoms with van der Waals surface area (Å²) >= 11 is 1.35. The van der Waals surface area contributed by atoms with Crippen LogP contribution in [-0.4, -0.2) is 15.7 Å². The number of nitrogens with zero attached hydrogens (tertiary/aromatic N) is 2. The van der Waals surface area contributed by atoms with Crippen LogP contribution in [0.4, 0.5) is 4.39 Å². The molecule has 84 valence electrons. The van der Waals surface area contributed by atoms with Crippen LogP contribution in [0.2, 0.25) is 0 Å². The van der Waals surface area contributed by atoms with Crippen LogP contribution >= 0.6 is 11.3 Å². The minimum atomic E-state index is -0.326. The van der Waals surface area contributed by atoms with Crippen molar-refractivity contribution in [1.29, 1.82) is 0 Å². The van der Waals surface area contributed by atoms with Crippen molar-refractivity contribution in [3.63, 3.8) is 0 Å². The molecule has 3 nitrogen and oxygen atoms in total. The molecule has 0 saturated carbocycles. The second-order valence-corrected chi connectivity index (χ2v) is 4.55. The lowest BCUT2D eigenvalue weighted by Crippen LogP contribution is -1.91. The van der Waals surface area contributed by atoms with E-state index < -0.39 is 0 Å². The molecule has 0 saturated heterocycles. The van der Waals surface area contributed by atoms with E-state index >= 15 is 0 Å². The summed E-state index contributed by atoms with van der Waals surface area (Å²) < 4.78 is 15.4. The Morgan fingerprint density at radius 2 is 2.18 bits per heavy atom. The molecular formula is C12H7FN2OS. The molecule has 1 aromatic carbocycles. The highest BCUT2D eigenvalue weighted by Crippen LogP contribution is 2.33. The Balaban J connectivity index is 2.34. The van der Waals surface area contributed by atoms with Crippen LogP contribution in [0.3, 0.4) is 0 Å². The fourth-order valence-electron chi connectivity index (χ4n) is 1.75. The molecule has 0 spiro atoms. The minimum Gasteiger partial charge on any atom is -0.296 e. The van der Waals surface area contributed by atoms with Crippen LogP contribution in [0, 0.1) is 5.82 Å². The average Bonchev–Trinajstić information content (AvgIpc) is 2.89. The normalized spacial score (nSPS) is 10.9. The molecule has 0 fully saturated rings. The van der Waals surface area contributed by atoms with Crippen molar-refractivity contribution in [3.8, 4) is 10.4 Å². The van der Waals surface area contributed by atoms with Crippen LogP contribution in [0.1, 0.15) is 10.5 Å². The number of aromatic nitrogens is 2. The summed E-state index contributed by atoms with van der Waals surface area (Å²) in [5, 5.41) is 0. The molecule has 0 unspecified atom stereocenters. The Morgan fingerprint density at radius 1 is 1.35 bits per heavy atom. The molecule has 3 rings (SSSR count). The first-order valence-corrected chi connectivity index (χ1v) is 5.78. The molecule has 0 N–H and O–H groups in total. The second kappa shape index (κ2) is 3.78. The monoisotopic (exact) mass is 246 g/mol. The van der Waals surface area contributed by atoms with E-state index in [1.165, 1.54) is 17.4 Å². The van der Waals surface area contributed by atoms with Crippen LogP contribution in [0.5, 0.6) is 0 Å². The number of hydrogen-bond donors (Lipinski definition) is 0. The molecule has 0 aliphatic heterocycles. The summed E-state index contributed by atoms with van der Waals surface area (Å²) in [4.78, 5) is 16.5. The lowest BCUT2D eigenvalue weighted by molar-refractivity contribution is 0.111. The predicted octanol–water partition coefficient (Wildman–Crippen LogP) is 3.01. The molecule has 2 heterocycles. The fraction of sp³-hybridized carbons (Fsp3) is 0. The lowest BCUT2D eigenvalue weighted by atomic mass is 10.1. The molecule has 5 heteroatoms. The van der Waals surface area contributed by atoms with Gasteiger partial charge in [0, 0.05) is 5.56 Å². The summed E-state index contributed by atoms with van der Waals surface area (Å²) in [7, 11) is 0. The Morgan fingerprint density at radius 3 is 2.94 bits per heavy atom. The van der Waals surface area contributed by atoms with Crippen molar-refractivity contribution in [2.75, 3.05) is 0 Å². The van der Waals surface area contributed by atoms with Gasteiger partial charge in [0.05, 0.1) is 11.1 Å². The largest absolute Gasteiger partial charge is 0.296 e. The number of hydrogen-bond acceptors (Lipinski definition) is 3. The van der Waals surface area contributed by atoms with Crippen molar-refractivity contribution < 1.29 is 9.18 Å². The third-order valence-electron chi connectivity index (χ3n) is 2.53. The molecule has 17 heavy (non-hydrogen) atoms. The van der Waals surface area contributed by atoms with Crippen LogP contribution < -0.4 is 0 Å². The second-order valence-electron chi connectivity index (χ2n) is 3.52. The summed E-state index contributed by atoms with van der Waals surface area (Å²) in [5.74, 6) is -0.326. The number of aldehydes is 1. The molecule has 0 atom stereocenters. The smallest absolute Gasteiger partial charge is 0.168 e. The number of carbonyl (C=O) groups is 1. The van der Waals surface area contributed by atoms with Gasteiger partial charge in [-0.05, 0) is 6.07 Å². The van der Waals surface area contributed by atoms with Crippen LogP contribution in [0.15, 0.2) is 36.8 Å². The highest BCUT2D eigenvalue weighted by molar-refractivity contribution is 7.21. The Labute approximate surface area is 100 Å². The van der Waals surface area contributed by atoms with E-state index in [-0.39, 0.29) is 5.82 Å². The van der Waals surface area contributed by atoms with Gasteiger partial charge in [-0.2, -0.15) is 0 Å². The van der Waals surface area contributed by atoms with Gasteiger partial charge in [0.15, 0.2) is 6.29 Å². The van der Waals surface area contributed by atoms with Crippen molar-refractivity contribution in [2.24, 2.45) is 0 Å². The zero-order valence-electron chi connectivity index (χ0n) is 8.63. The minimum absolute atomic E-state index is 0.326. The standard InChI is InChI=1S/C12H7FN2OS/c13-9-4-2-1-3-8(9)12-10(6-16)15-7-14-5-11(15)17-12/h1-7H. The molecule has 3 aromatic rings.